The van der Waals surface area contributed by atoms with Crippen molar-refractivity contribution in [3.63, 3.8) is 0 Å². The summed E-state index contributed by atoms with van der Waals surface area (Å²) in [5.74, 6) is 0. The monoisotopic (exact) mass is 855 g/mol. The second-order valence-electron chi connectivity index (χ2n) is 19.7. The third kappa shape index (κ3) is 8.70. The van der Waals surface area contributed by atoms with Crippen molar-refractivity contribution in [3.8, 4) is 11.4 Å². The van der Waals surface area contributed by atoms with Gasteiger partial charge in [0.1, 0.15) is 5.65 Å². The Kier molecular flexibility index (Phi) is 12.7. The number of para-hydroxylation sites is 5. The van der Waals surface area contributed by atoms with Crippen molar-refractivity contribution in [2.75, 3.05) is 0 Å². The SMILES string of the molecule is C.C.CC(C)(C)c1ccc(-n2c3ccccc3c3ccccc32)cc1.CC(C)(C)c1ccc2c(c1)c1ccccc1n2-c1ccccc1.CC(C)(C)n1c2ccccc2c2cccnc21. The number of nitrogens with zero attached hydrogens (tertiary/aromatic N) is 4. The highest BCUT2D eigenvalue weighted by Gasteiger charge is 2.21. The van der Waals surface area contributed by atoms with E-state index in [0.29, 0.717) is 0 Å². The van der Waals surface area contributed by atoms with Crippen molar-refractivity contribution in [1.82, 2.24) is 18.7 Å². The minimum Gasteiger partial charge on any atom is -0.320 e. The van der Waals surface area contributed by atoms with Gasteiger partial charge in [-0.2, -0.15) is 0 Å². The summed E-state index contributed by atoms with van der Waals surface area (Å²) in [6, 6.07) is 65.1. The molecule has 0 saturated carbocycles. The Balaban J connectivity index is 0.000000145. The van der Waals surface area contributed by atoms with Gasteiger partial charge in [0, 0.05) is 55.4 Å². The summed E-state index contributed by atoms with van der Waals surface area (Å²) in [5, 5.41) is 7.78. The highest BCUT2D eigenvalue weighted by Crippen LogP contribution is 2.36. The second-order valence-corrected chi connectivity index (χ2v) is 19.7. The minimum absolute atomic E-state index is 0. The van der Waals surface area contributed by atoms with Crippen LogP contribution in [-0.4, -0.2) is 18.7 Å². The molecule has 0 N–H and O–H groups in total. The van der Waals surface area contributed by atoms with E-state index in [1.165, 1.54) is 82.4 Å². The molecule has 0 aliphatic heterocycles. The average molecular weight is 855 g/mol. The van der Waals surface area contributed by atoms with Crippen LogP contribution in [0.5, 0.6) is 0 Å². The molecular formula is C61H66N4. The first kappa shape index (κ1) is 46.1. The van der Waals surface area contributed by atoms with E-state index in [2.05, 4.69) is 257 Å². The van der Waals surface area contributed by atoms with Gasteiger partial charge in [0.2, 0.25) is 0 Å². The lowest BCUT2D eigenvalue weighted by Gasteiger charge is -2.23. The van der Waals surface area contributed by atoms with Gasteiger partial charge in [0.25, 0.3) is 0 Å². The Morgan fingerprint density at radius 1 is 0.338 bits per heavy atom. The number of fused-ring (bicyclic) bond motifs is 9. The summed E-state index contributed by atoms with van der Waals surface area (Å²) in [6.07, 6.45) is 1.86. The van der Waals surface area contributed by atoms with Crippen LogP contribution in [0.3, 0.4) is 0 Å². The molecule has 0 atom stereocenters. The average Bonchev–Trinajstić information content (AvgIpc) is 3.92. The van der Waals surface area contributed by atoms with E-state index in [1.807, 2.05) is 12.3 Å². The van der Waals surface area contributed by atoms with Gasteiger partial charge < -0.3 is 13.7 Å². The first-order chi connectivity index (χ1) is 30.2. The Morgan fingerprint density at radius 2 is 0.723 bits per heavy atom. The summed E-state index contributed by atoms with van der Waals surface area (Å²) in [5.41, 5.74) is 12.9. The van der Waals surface area contributed by atoms with E-state index in [9.17, 15) is 0 Å². The molecule has 4 aromatic heterocycles. The lowest BCUT2D eigenvalue weighted by molar-refractivity contribution is 0.421. The van der Waals surface area contributed by atoms with Crippen LogP contribution in [0.1, 0.15) is 88.3 Å². The van der Waals surface area contributed by atoms with Crippen LogP contribution < -0.4 is 0 Å². The Labute approximate surface area is 386 Å². The fourth-order valence-electron chi connectivity index (χ4n) is 9.08. The van der Waals surface area contributed by atoms with E-state index in [-0.39, 0.29) is 31.2 Å². The van der Waals surface area contributed by atoms with Crippen LogP contribution >= 0.6 is 0 Å². The number of rotatable bonds is 2. The summed E-state index contributed by atoms with van der Waals surface area (Å²) < 4.78 is 7.03. The van der Waals surface area contributed by atoms with E-state index in [1.54, 1.807) is 0 Å². The van der Waals surface area contributed by atoms with Crippen molar-refractivity contribution in [3.05, 3.63) is 199 Å². The van der Waals surface area contributed by atoms with Crippen molar-refractivity contribution in [2.24, 2.45) is 0 Å². The number of pyridine rings is 1. The van der Waals surface area contributed by atoms with Crippen molar-refractivity contribution in [1.29, 1.82) is 0 Å². The molecule has 0 spiro atoms. The van der Waals surface area contributed by atoms with E-state index < -0.39 is 0 Å². The molecule has 0 amide bonds. The lowest BCUT2D eigenvalue weighted by Crippen LogP contribution is -2.21. The Hall–Kier alpha value is -6.91. The molecule has 0 radical (unpaired) electrons. The molecule has 0 aliphatic carbocycles. The molecule has 0 saturated heterocycles. The molecule has 4 heterocycles. The molecule has 4 heteroatoms. The molecule has 11 aromatic rings. The summed E-state index contributed by atoms with van der Waals surface area (Å²) >= 11 is 0. The molecule has 11 rings (SSSR count). The van der Waals surface area contributed by atoms with Crippen LogP contribution in [0.4, 0.5) is 0 Å². The first-order valence-corrected chi connectivity index (χ1v) is 22.2. The third-order valence-electron chi connectivity index (χ3n) is 12.2. The summed E-state index contributed by atoms with van der Waals surface area (Å²) in [4.78, 5) is 4.55. The zero-order chi connectivity index (χ0) is 44.1. The molecule has 0 aliphatic rings. The minimum atomic E-state index is 0. The van der Waals surface area contributed by atoms with Crippen LogP contribution in [0.15, 0.2) is 188 Å². The number of aromatic nitrogens is 4. The lowest BCUT2D eigenvalue weighted by atomic mass is 9.86. The molecule has 330 valence electrons. The molecule has 4 nitrogen and oxygen atoms in total. The predicted molar refractivity (Wildman–Crippen MR) is 285 cm³/mol. The van der Waals surface area contributed by atoms with Gasteiger partial charge in [-0.3, -0.25) is 0 Å². The Morgan fingerprint density at radius 3 is 1.22 bits per heavy atom. The van der Waals surface area contributed by atoms with Crippen LogP contribution in [0, 0.1) is 0 Å². The summed E-state index contributed by atoms with van der Waals surface area (Å²) in [6.45, 7) is 20.2. The van der Waals surface area contributed by atoms with Gasteiger partial charge >= 0.3 is 0 Å². The number of hydrogen-bond acceptors (Lipinski definition) is 1. The molecule has 0 unspecified atom stereocenters. The maximum atomic E-state index is 4.55. The van der Waals surface area contributed by atoms with Crippen LogP contribution in [-0.2, 0) is 16.4 Å². The Bertz CT molecular complexity index is 3270. The smallest absolute Gasteiger partial charge is 0.141 e. The largest absolute Gasteiger partial charge is 0.320 e. The van der Waals surface area contributed by atoms with E-state index >= 15 is 0 Å². The van der Waals surface area contributed by atoms with E-state index in [4.69, 9.17) is 0 Å². The zero-order valence-electron chi connectivity index (χ0n) is 38.2. The molecular weight excluding hydrogens is 789 g/mol. The predicted octanol–water partition coefficient (Wildman–Crippen LogP) is 17.4. The van der Waals surface area contributed by atoms with Gasteiger partial charge in [-0.25, -0.2) is 4.98 Å². The molecule has 0 bridgehead atoms. The fraction of sp³-hybridized carbons (Fsp3) is 0.230. The van der Waals surface area contributed by atoms with E-state index in [0.717, 1.165) is 5.65 Å². The third-order valence-corrected chi connectivity index (χ3v) is 12.2. The van der Waals surface area contributed by atoms with Gasteiger partial charge in [-0.1, -0.05) is 166 Å². The topological polar surface area (TPSA) is 27.7 Å². The normalized spacial score (nSPS) is 11.8. The van der Waals surface area contributed by atoms with Crippen molar-refractivity contribution >= 4 is 65.5 Å². The van der Waals surface area contributed by atoms with Gasteiger partial charge in [-0.05, 0) is 116 Å². The van der Waals surface area contributed by atoms with Gasteiger partial charge in [0.15, 0.2) is 0 Å². The number of benzene rings is 7. The molecule has 65 heavy (non-hydrogen) atoms. The van der Waals surface area contributed by atoms with Crippen LogP contribution in [0.25, 0.3) is 76.9 Å². The van der Waals surface area contributed by atoms with Gasteiger partial charge in [-0.15, -0.1) is 0 Å². The highest BCUT2D eigenvalue weighted by molar-refractivity contribution is 6.10. The van der Waals surface area contributed by atoms with Crippen LogP contribution in [0.2, 0.25) is 0 Å². The fourth-order valence-corrected chi connectivity index (χ4v) is 9.08. The zero-order valence-corrected chi connectivity index (χ0v) is 38.2. The number of hydrogen-bond donors (Lipinski definition) is 0. The quantitative estimate of drug-likeness (QED) is 0.170. The van der Waals surface area contributed by atoms with Gasteiger partial charge in [0.05, 0.1) is 27.6 Å². The van der Waals surface area contributed by atoms with Crippen molar-refractivity contribution in [2.45, 2.75) is 93.5 Å². The summed E-state index contributed by atoms with van der Waals surface area (Å²) in [7, 11) is 0. The maximum Gasteiger partial charge on any atom is 0.141 e. The maximum absolute atomic E-state index is 4.55. The second kappa shape index (κ2) is 17.9. The molecule has 0 fully saturated rings. The molecule has 7 aromatic carbocycles. The highest BCUT2D eigenvalue weighted by atomic mass is 15.1. The standard InChI is InChI=1S/2C22H21N.C15H16N2.2CH4/c1-22(2,3)16-12-14-17(15-13-16)23-20-10-6-4-8-18(20)19-9-5-7-11-21(19)23;1-22(2,3)16-13-14-21-19(15-16)18-11-7-8-12-20(18)23(21)17-9-5-4-6-10-17;1-15(2,3)17-13-9-5-4-7-11(13)12-8-6-10-16-14(12)17;;/h2*4-15H,1-3H3;4-10H,1-3H3;2*1H4. The first-order valence-electron chi connectivity index (χ1n) is 22.2. The van der Waals surface area contributed by atoms with Crippen molar-refractivity contribution < 1.29 is 0 Å².